The SMILES string of the molecule is Cc1cc(C)c2oc(-c3ccc(C(=O)Nc4ccccc4Cl)cc3)cc(=O)c2c1. The second-order valence-electron chi connectivity index (χ2n) is 6.94. The Balaban J connectivity index is 1.65. The minimum atomic E-state index is -0.268. The number of rotatable bonds is 3. The summed E-state index contributed by atoms with van der Waals surface area (Å²) in [7, 11) is 0. The molecule has 0 aliphatic heterocycles. The van der Waals surface area contributed by atoms with Crippen molar-refractivity contribution in [2.24, 2.45) is 0 Å². The van der Waals surface area contributed by atoms with Gasteiger partial charge in [-0.05, 0) is 55.3 Å². The van der Waals surface area contributed by atoms with Crippen molar-refractivity contribution in [3.63, 3.8) is 0 Å². The van der Waals surface area contributed by atoms with Crippen molar-refractivity contribution < 1.29 is 9.21 Å². The van der Waals surface area contributed by atoms with Gasteiger partial charge in [-0.2, -0.15) is 0 Å². The summed E-state index contributed by atoms with van der Waals surface area (Å²) < 4.78 is 6.01. The van der Waals surface area contributed by atoms with E-state index in [4.69, 9.17) is 16.0 Å². The molecule has 1 aromatic heterocycles. The summed E-state index contributed by atoms with van der Waals surface area (Å²) in [6.45, 7) is 3.87. The molecule has 4 nitrogen and oxygen atoms in total. The summed E-state index contributed by atoms with van der Waals surface area (Å²) in [6, 6.07) is 19.2. The van der Waals surface area contributed by atoms with Gasteiger partial charge >= 0.3 is 0 Å². The summed E-state index contributed by atoms with van der Waals surface area (Å²) in [6.07, 6.45) is 0. The fraction of sp³-hybridized carbons (Fsp3) is 0.0833. The number of benzene rings is 3. The Kier molecular flexibility index (Phi) is 4.95. The van der Waals surface area contributed by atoms with Crippen LogP contribution in [0.3, 0.4) is 0 Å². The van der Waals surface area contributed by atoms with E-state index in [2.05, 4.69) is 5.32 Å². The van der Waals surface area contributed by atoms with E-state index in [0.717, 1.165) is 16.7 Å². The van der Waals surface area contributed by atoms with Crippen LogP contribution in [0.25, 0.3) is 22.3 Å². The molecule has 0 fully saturated rings. The van der Waals surface area contributed by atoms with E-state index in [9.17, 15) is 9.59 Å². The normalized spacial score (nSPS) is 10.9. The fourth-order valence-electron chi connectivity index (χ4n) is 3.29. The molecule has 4 aromatic rings. The third-order valence-corrected chi connectivity index (χ3v) is 5.04. The number of fused-ring (bicyclic) bond motifs is 1. The summed E-state index contributed by atoms with van der Waals surface area (Å²) >= 11 is 6.09. The number of halogens is 1. The molecular formula is C24H18ClNO3. The average molecular weight is 404 g/mol. The molecule has 5 heteroatoms. The lowest BCUT2D eigenvalue weighted by atomic mass is 10.1. The molecule has 1 N–H and O–H groups in total. The van der Waals surface area contributed by atoms with Gasteiger partial charge < -0.3 is 9.73 Å². The van der Waals surface area contributed by atoms with Crippen LogP contribution in [0, 0.1) is 13.8 Å². The molecular weight excluding hydrogens is 386 g/mol. The van der Waals surface area contributed by atoms with Crippen molar-refractivity contribution in [2.75, 3.05) is 5.32 Å². The van der Waals surface area contributed by atoms with Crippen LogP contribution in [-0.2, 0) is 0 Å². The van der Waals surface area contributed by atoms with Gasteiger partial charge in [-0.3, -0.25) is 9.59 Å². The topological polar surface area (TPSA) is 59.3 Å². The summed E-state index contributed by atoms with van der Waals surface area (Å²) in [5.41, 5.74) is 4.17. The van der Waals surface area contributed by atoms with Crippen molar-refractivity contribution in [2.45, 2.75) is 13.8 Å². The van der Waals surface area contributed by atoms with Crippen LogP contribution in [0.5, 0.6) is 0 Å². The van der Waals surface area contributed by atoms with Gasteiger partial charge in [0.05, 0.1) is 16.1 Å². The molecule has 0 spiro atoms. The number of hydrogen-bond donors (Lipinski definition) is 1. The van der Waals surface area contributed by atoms with Crippen molar-refractivity contribution >= 4 is 34.2 Å². The standard InChI is InChI=1S/C24H18ClNO3/c1-14-11-15(2)23-18(12-14)21(27)13-22(29-23)16-7-9-17(10-8-16)24(28)26-20-6-4-3-5-19(20)25/h3-13H,1-2H3,(H,26,28). The zero-order valence-electron chi connectivity index (χ0n) is 16.0. The number of amides is 1. The van der Waals surface area contributed by atoms with Crippen LogP contribution in [0.1, 0.15) is 21.5 Å². The highest BCUT2D eigenvalue weighted by molar-refractivity contribution is 6.33. The number of hydrogen-bond acceptors (Lipinski definition) is 3. The minimum absolute atomic E-state index is 0.0893. The Morgan fingerprint density at radius 3 is 2.41 bits per heavy atom. The number of carbonyl (C=O) groups is 1. The number of anilines is 1. The quantitative estimate of drug-likeness (QED) is 0.457. The van der Waals surface area contributed by atoms with Crippen molar-refractivity contribution in [3.8, 4) is 11.3 Å². The first-order valence-corrected chi connectivity index (χ1v) is 9.51. The number of carbonyl (C=O) groups excluding carboxylic acids is 1. The van der Waals surface area contributed by atoms with Crippen LogP contribution in [0.15, 0.2) is 75.9 Å². The molecule has 29 heavy (non-hydrogen) atoms. The van der Waals surface area contributed by atoms with Crippen LogP contribution in [0.4, 0.5) is 5.69 Å². The van der Waals surface area contributed by atoms with Gasteiger partial charge in [0.25, 0.3) is 5.91 Å². The number of nitrogens with one attached hydrogen (secondary N) is 1. The molecule has 1 amide bonds. The lowest BCUT2D eigenvalue weighted by Crippen LogP contribution is -2.12. The predicted molar refractivity (Wildman–Crippen MR) is 117 cm³/mol. The number of aryl methyl sites for hydroxylation is 2. The summed E-state index contributed by atoms with van der Waals surface area (Å²) in [5, 5.41) is 3.83. The van der Waals surface area contributed by atoms with Gasteiger partial charge in [0, 0.05) is 17.2 Å². The first-order chi connectivity index (χ1) is 13.9. The maximum atomic E-state index is 12.6. The monoisotopic (exact) mass is 403 g/mol. The van der Waals surface area contributed by atoms with E-state index >= 15 is 0 Å². The second kappa shape index (κ2) is 7.57. The smallest absolute Gasteiger partial charge is 0.255 e. The lowest BCUT2D eigenvalue weighted by molar-refractivity contribution is 0.102. The molecule has 4 rings (SSSR count). The van der Waals surface area contributed by atoms with E-state index in [-0.39, 0.29) is 11.3 Å². The molecule has 0 bridgehead atoms. The van der Waals surface area contributed by atoms with E-state index in [1.165, 1.54) is 6.07 Å². The maximum Gasteiger partial charge on any atom is 0.255 e. The maximum absolute atomic E-state index is 12.6. The van der Waals surface area contributed by atoms with Gasteiger partial charge in [0.15, 0.2) is 5.43 Å². The van der Waals surface area contributed by atoms with Gasteiger partial charge in [-0.1, -0.05) is 41.9 Å². The Morgan fingerprint density at radius 1 is 0.966 bits per heavy atom. The highest BCUT2D eigenvalue weighted by Crippen LogP contribution is 2.26. The van der Waals surface area contributed by atoms with Crippen LogP contribution in [-0.4, -0.2) is 5.91 Å². The van der Waals surface area contributed by atoms with Crippen molar-refractivity contribution in [3.05, 3.63) is 98.7 Å². The van der Waals surface area contributed by atoms with E-state index in [1.807, 2.05) is 26.0 Å². The second-order valence-corrected chi connectivity index (χ2v) is 7.35. The van der Waals surface area contributed by atoms with Crippen molar-refractivity contribution in [1.82, 2.24) is 0 Å². The molecule has 0 saturated heterocycles. The van der Waals surface area contributed by atoms with Gasteiger partial charge in [0.2, 0.25) is 0 Å². The Hall–Kier alpha value is -3.37. The predicted octanol–water partition coefficient (Wildman–Crippen LogP) is 5.98. The molecule has 0 radical (unpaired) electrons. The lowest BCUT2D eigenvalue weighted by Gasteiger charge is -2.09. The first-order valence-electron chi connectivity index (χ1n) is 9.14. The Bertz CT molecular complexity index is 1290. The van der Waals surface area contributed by atoms with Gasteiger partial charge in [0.1, 0.15) is 11.3 Å². The van der Waals surface area contributed by atoms with Crippen LogP contribution < -0.4 is 10.7 Å². The molecule has 0 atom stereocenters. The summed E-state index contributed by atoms with van der Waals surface area (Å²) in [5.74, 6) is 0.198. The molecule has 3 aromatic carbocycles. The third-order valence-electron chi connectivity index (χ3n) is 4.71. The fourth-order valence-corrected chi connectivity index (χ4v) is 3.48. The third kappa shape index (κ3) is 3.80. The highest BCUT2D eigenvalue weighted by atomic mass is 35.5. The average Bonchev–Trinajstić information content (AvgIpc) is 2.70. The molecule has 0 saturated carbocycles. The molecule has 144 valence electrons. The largest absolute Gasteiger partial charge is 0.456 e. The van der Waals surface area contributed by atoms with Gasteiger partial charge in [-0.15, -0.1) is 0 Å². The van der Waals surface area contributed by atoms with E-state index in [1.54, 1.807) is 48.5 Å². The molecule has 0 aliphatic rings. The minimum Gasteiger partial charge on any atom is -0.456 e. The van der Waals surface area contributed by atoms with Crippen LogP contribution in [0.2, 0.25) is 5.02 Å². The molecule has 1 heterocycles. The highest BCUT2D eigenvalue weighted by Gasteiger charge is 2.12. The molecule has 0 unspecified atom stereocenters. The van der Waals surface area contributed by atoms with Gasteiger partial charge in [-0.25, -0.2) is 0 Å². The number of para-hydroxylation sites is 1. The van der Waals surface area contributed by atoms with E-state index in [0.29, 0.717) is 33.0 Å². The zero-order valence-corrected chi connectivity index (χ0v) is 16.7. The first kappa shape index (κ1) is 19.0. The molecule has 0 aliphatic carbocycles. The van der Waals surface area contributed by atoms with Crippen molar-refractivity contribution in [1.29, 1.82) is 0 Å². The summed E-state index contributed by atoms with van der Waals surface area (Å²) in [4.78, 5) is 25.0. The Morgan fingerprint density at radius 2 is 1.69 bits per heavy atom. The zero-order chi connectivity index (χ0) is 20.5. The Labute approximate surface area is 172 Å². The van der Waals surface area contributed by atoms with E-state index < -0.39 is 0 Å². The van der Waals surface area contributed by atoms with Crippen LogP contribution >= 0.6 is 11.6 Å².